The molecule has 18 heavy (non-hydrogen) atoms. The highest BCUT2D eigenvalue weighted by Gasteiger charge is 2.13. The lowest BCUT2D eigenvalue weighted by Gasteiger charge is -2.21. The number of halogens is 1. The summed E-state index contributed by atoms with van der Waals surface area (Å²) in [7, 11) is 0. The van der Waals surface area contributed by atoms with Crippen LogP contribution < -0.4 is 5.32 Å². The van der Waals surface area contributed by atoms with Gasteiger partial charge in [-0.2, -0.15) is 28.8 Å². The molecule has 0 bridgehead atoms. The van der Waals surface area contributed by atoms with E-state index in [-0.39, 0.29) is 5.82 Å². The van der Waals surface area contributed by atoms with Crippen LogP contribution in [0.1, 0.15) is 11.1 Å². The van der Waals surface area contributed by atoms with E-state index in [1.54, 1.807) is 0 Å². The van der Waals surface area contributed by atoms with Crippen molar-refractivity contribution in [3.05, 3.63) is 35.1 Å². The predicted molar refractivity (Wildman–Crippen MR) is 76.4 cm³/mol. The highest BCUT2D eigenvalue weighted by Crippen LogP contribution is 2.23. The Morgan fingerprint density at radius 1 is 1.44 bits per heavy atom. The van der Waals surface area contributed by atoms with Crippen molar-refractivity contribution in [2.24, 2.45) is 0 Å². The number of thioether (sulfide) groups is 2. The second-order valence-electron chi connectivity index (χ2n) is 4.11. The van der Waals surface area contributed by atoms with E-state index in [4.69, 9.17) is 5.26 Å². The summed E-state index contributed by atoms with van der Waals surface area (Å²) in [6, 6.07) is 6.40. The maximum absolute atomic E-state index is 13.1. The van der Waals surface area contributed by atoms with Gasteiger partial charge in [0.2, 0.25) is 0 Å². The second kappa shape index (κ2) is 7.03. The summed E-state index contributed by atoms with van der Waals surface area (Å²) >= 11 is 3.98. The number of hydrogen-bond acceptors (Lipinski definition) is 4. The Hall–Kier alpha value is -0.700. The average Bonchev–Trinajstić information content (AvgIpc) is 2.40. The zero-order valence-electron chi connectivity index (χ0n) is 9.99. The molecule has 2 rings (SSSR count). The van der Waals surface area contributed by atoms with E-state index in [1.165, 1.54) is 35.5 Å². The van der Waals surface area contributed by atoms with Gasteiger partial charge >= 0.3 is 0 Å². The van der Waals surface area contributed by atoms with Gasteiger partial charge in [-0.1, -0.05) is 0 Å². The van der Waals surface area contributed by atoms with Gasteiger partial charge in [-0.15, -0.1) is 0 Å². The van der Waals surface area contributed by atoms with Crippen LogP contribution in [0, 0.1) is 17.1 Å². The van der Waals surface area contributed by atoms with E-state index in [9.17, 15) is 4.39 Å². The molecule has 1 atom stereocenters. The van der Waals surface area contributed by atoms with E-state index in [0.29, 0.717) is 17.4 Å². The Labute approximate surface area is 115 Å². The third-order valence-corrected chi connectivity index (χ3v) is 5.61. The Bertz CT molecular complexity index is 439. The third-order valence-electron chi connectivity index (χ3n) is 2.76. The van der Waals surface area contributed by atoms with Gasteiger partial charge in [0.25, 0.3) is 0 Å². The average molecular weight is 282 g/mol. The van der Waals surface area contributed by atoms with Crippen LogP contribution in [0.5, 0.6) is 0 Å². The molecule has 5 heteroatoms. The molecule has 0 aromatic heterocycles. The van der Waals surface area contributed by atoms with Crippen LogP contribution in [0.25, 0.3) is 0 Å². The first-order valence-corrected chi connectivity index (χ1v) is 8.08. The predicted octanol–water partition coefficient (Wildman–Crippen LogP) is 2.64. The van der Waals surface area contributed by atoms with Crippen molar-refractivity contribution < 1.29 is 4.39 Å². The minimum absolute atomic E-state index is 0.284. The van der Waals surface area contributed by atoms with Crippen LogP contribution in [0.15, 0.2) is 18.2 Å². The smallest absolute Gasteiger partial charge is 0.123 e. The summed E-state index contributed by atoms with van der Waals surface area (Å²) < 4.78 is 13.1. The molecule has 0 spiro atoms. The minimum Gasteiger partial charge on any atom is -0.311 e. The Morgan fingerprint density at radius 2 is 2.33 bits per heavy atom. The molecule has 1 fully saturated rings. The van der Waals surface area contributed by atoms with E-state index in [2.05, 4.69) is 11.4 Å². The molecule has 0 amide bonds. The molecular formula is C13H15FN2S2. The highest BCUT2D eigenvalue weighted by atomic mass is 32.2. The molecule has 1 aromatic carbocycles. The molecule has 1 aromatic rings. The van der Waals surface area contributed by atoms with Crippen molar-refractivity contribution in [2.45, 2.75) is 11.8 Å². The summed E-state index contributed by atoms with van der Waals surface area (Å²) in [5.41, 5.74) is 1.29. The quantitative estimate of drug-likeness (QED) is 0.921. The maximum Gasteiger partial charge on any atom is 0.123 e. The number of benzene rings is 1. The van der Waals surface area contributed by atoms with Crippen molar-refractivity contribution in [2.75, 3.05) is 23.8 Å². The minimum atomic E-state index is -0.284. The van der Waals surface area contributed by atoms with Crippen molar-refractivity contribution in [3.8, 4) is 6.07 Å². The number of nitrogens with one attached hydrogen (secondary N) is 1. The molecule has 1 saturated heterocycles. The first kappa shape index (κ1) is 13.7. The summed E-state index contributed by atoms with van der Waals surface area (Å²) in [5, 5.41) is 12.9. The van der Waals surface area contributed by atoms with Gasteiger partial charge in [0.05, 0.1) is 11.6 Å². The third kappa shape index (κ3) is 3.91. The molecule has 2 nitrogen and oxygen atoms in total. The lowest BCUT2D eigenvalue weighted by atomic mass is 10.1. The Morgan fingerprint density at radius 3 is 3.06 bits per heavy atom. The molecule has 0 radical (unpaired) electrons. The zero-order valence-corrected chi connectivity index (χ0v) is 11.6. The van der Waals surface area contributed by atoms with Crippen molar-refractivity contribution in [1.82, 2.24) is 5.32 Å². The molecule has 96 valence electrons. The summed E-state index contributed by atoms with van der Waals surface area (Å²) in [4.78, 5) is 0. The van der Waals surface area contributed by atoms with E-state index >= 15 is 0 Å². The van der Waals surface area contributed by atoms with Gasteiger partial charge in [-0.3, -0.25) is 0 Å². The van der Waals surface area contributed by atoms with Gasteiger partial charge in [0.1, 0.15) is 5.82 Å². The summed E-state index contributed by atoms with van der Waals surface area (Å²) in [6.07, 6.45) is 0. The molecule has 0 saturated carbocycles. The van der Waals surface area contributed by atoms with Gasteiger partial charge in [0.15, 0.2) is 0 Å². The van der Waals surface area contributed by atoms with Crippen molar-refractivity contribution in [3.63, 3.8) is 0 Å². The molecule has 0 aliphatic carbocycles. The molecule has 1 aliphatic rings. The fourth-order valence-electron chi connectivity index (χ4n) is 1.84. The van der Waals surface area contributed by atoms with Crippen LogP contribution >= 0.6 is 23.5 Å². The summed E-state index contributed by atoms with van der Waals surface area (Å²) in [5.74, 6) is 3.34. The van der Waals surface area contributed by atoms with Crippen LogP contribution in [-0.2, 0) is 6.54 Å². The van der Waals surface area contributed by atoms with Crippen LogP contribution in [0.4, 0.5) is 4.39 Å². The fraction of sp³-hybridized carbons (Fsp3) is 0.462. The van der Waals surface area contributed by atoms with Gasteiger partial charge in [-0.25, -0.2) is 4.39 Å². The zero-order chi connectivity index (χ0) is 12.8. The van der Waals surface area contributed by atoms with E-state index in [1.807, 2.05) is 23.5 Å². The summed E-state index contributed by atoms with van der Waals surface area (Å²) in [6.45, 7) is 1.47. The largest absolute Gasteiger partial charge is 0.311 e. The van der Waals surface area contributed by atoms with Crippen LogP contribution in [-0.4, -0.2) is 29.1 Å². The fourth-order valence-corrected chi connectivity index (χ4v) is 4.49. The SMILES string of the molecule is N#Cc1ccc(F)cc1CNCC1CSCCS1. The first-order chi connectivity index (χ1) is 8.79. The van der Waals surface area contributed by atoms with Gasteiger partial charge in [0, 0.05) is 35.6 Å². The topological polar surface area (TPSA) is 35.8 Å². The lowest BCUT2D eigenvalue weighted by molar-refractivity contribution is 0.619. The van der Waals surface area contributed by atoms with Crippen molar-refractivity contribution >= 4 is 23.5 Å². The standard InChI is InChI=1S/C13H15FN2S2/c14-12-2-1-10(6-15)11(5-12)7-16-8-13-9-17-3-4-18-13/h1-2,5,13,16H,3-4,7-9H2. The highest BCUT2D eigenvalue weighted by molar-refractivity contribution is 8.06. The molecule has 1 heterocycles. The van der Waals surface area contributed by atoms with E-state index < -0.39 is 0 Å². The number of hydrogen-bond donors (Lipinski definition) is 1. The lowest BCUT2D eigenvalue weighted by Crippen LogP contribution is -2.28. The normalized spacial score (nSPS) is 19.4. The van der Waals surface area contributed by atoms with Gasteiger partial charge in [-0.05, 0) is 23.8 Å². The molecule has 1 unspecified atom stereocenters. The Kier molecular flexibility index (Phi) is 5.36. The Balaban J connectivity index is 1.86. The van der Waals surface area contributed by atoms with Crippen LogP contribution in [0.2, 0.25) is 0 Å². The molecule has 1 N–H and O–H groups in total. The molecule has 1 aliphatic heterocycles. The number of rotatable bonds is 4. The maximum atomic E-state index is 13.1. The van der Waals surface area contributed by atoms with Crippen molar-refractivity contribution in [1.29, 1.82) is 5.26 Å². The van der Waals surface area contributed by atoms with Gasteiger partial charge < -0.3 is 5.32 Å². The number of nitriles is 1. The number of nitrogens with zero attached hydrogens (tertiary/aromatic N) is 1. The van der Waals surface area contributed by atoms with E-state index in [0.717, 1.165) is 12.1 Å². The monoisotopic (exact) mass is 282 g/mol. The molecular weight excluding hydrogens is 267 g/mol. The van der Waals surface area contributed by atoms with Crippen LogP contribution in [0.3, 0.4) is 0 Å². The first-order valence-electron chi connectivity index (χ1n) is 5.88. The second-order valence-corrected chi connectivity index (χ2v) is 6.67.